The van der Waals surface area contributed by atoms with E-state index in [1.165, 1.54) is 11.1 Å². The van der Waals surface area contributed by atoms with Gasteiger partial charge >= 0.3 is 0 Å². The number of hydrogen-bond acceptors (Lipinski definition) is 1. The molecule has 1 aromatic rings. The van der Waals surface area contributed by atoms with Gasteiger partial charge in [0.25, 0.3) is 0 Å². The topological polar surface area (TPSA) is 20.2 Å². The van der Waals surface area contributed by atoms with Crippen molar-refractivity contribution in [3.63, 3.8) is 0 Å². The van der Waals surface area contributed by atoms with Gasteiger partial charge in [-0.3, -0.25) is 0 Å². The van der Waals surface area contributed by atoms with E-state index in [2.05, 4.69) is 31.2 Å². The molecule has 0 radical (unpaired) electrons. The zero-order valence-corrected chi connectivity index (χ0v) is 7.33. The molecule has 0 amide bonds. The Kier molecular flexibility index (Phi) is 1.89. The van der Waals surface area contributed by atoms with Crippen LogP contribution >= 0.6 is 0 Å². The number of aliphatic hydroxyl groups is 1. The van der Waals surface area contributed by atoms with E-state index in [0.29, 0.717) is 5.92 Å². The second kappa shape index (κ2) is 2.91. The summed E-state index contributed by atoms with van der Waals surface area (Å²) in [7, 11) is 0. The molecule has 1 N–H and O–H groups in total. The van der Waals surface area contributed by atoms with Crippen LogP contribution in [0.15, 0.2) is 24.3 Å². The van der Waals surface area contributed by atoms with Crippen LogP contribution in [0.3, 0.4) is 0 Å². The summed E-state index contributed by atoms with van der Waals surface area (Å²) >= 11 is 0. The molecule has 0 saturated heterocycles. The smallest absolute Gasteiger partial charge is 0.0552 e. The maximum absolute atomic E-state index is 9.13. The molecule has 0 bridgehead atoms. The van der Waals surface area contributed by atoms with Gasteiger partial charge in [-0.05, 0) is 31.2 Å². The van der Waals surface area contributed by atoms with Gasteiger partial charge in [-0.15, -0.1) is 0 Å². The Morgan fingerprint density at radius 1 is 1.17 bits per heavy atom. The van der Waals surface area contributed by atoms with Gasteiger partial charge in [0.1, 0.15) is 0 Å². The van der Waals surface area contributed by atoms with Crippen LogP contribution in [-0.2, 0) is 0 Å². The molecule has 0 atom stereocenters. The Balaban J connectivity index is 2.09. The van der Waals surface area contributed by atoms with Gasteiger partial charge in [0.05, 0.1) is 6.10 Å². The fraction of sp³-hybridized carbons (Fsp3) is 0.455. The Bertz CT molecular complexity index is 257. The van der Waals surface area contributed by atoms with Crippen molar-refractivity contribution in [2.75, 3.05) is 0 Å². The van der Waals surface area contributed by atoms with E-state index in [-0.39, 0.29) is 6.10 Å². The monoisotopic (exact) mass is 162 g/mol. The first kappa shape index (κ1) is 7.81. The van der Waals surface area contributed by atoms with Crippen LogP contribution in [0.1, 0.15) is 29.9 Å². The first-order valence-corrected chi connectivity index (χ1v) is 4.50. The Hall–Kier alpha value is -0.820. The molecule has 1 nitrogen and oxygen atoms in total. The summed E-state index contributed by atoms with van der Waals surface area (Å²) in [6.45, 7) is 2.10. The Morgan fingerprint density at radius 3 is 2.25 bits per heavy atom. The lowest BCUT2D eigenvalue weighted by molar-refractivity contribution is 0.0746. The number of rotatable bonds is 1. The third-order valence-corrected chi connectivity index (χ3v) is 2.66. The summed E-state index contributed by atoms with van der Waals surface area (Å²) in [5.41, 5.74) is 2.68. The van der Waals surface area contributed by atoms with Gasteiger partial charge in [-0.2, -0.15) is 0 Å². The summed E-state index contributed by atoms with van der Waals surface area (Å²) in [6, 6.07) is 8.62. The van der Waals surface area contributed by atoms with Crippen LogP contribution < -0.4 is 0 Å². The lowest BCUT2D eigenvalue weighted by Gasteiger charge is -2.31. The van der Waals surface area contributed by atoms with E-state index in [9.17, 15) is 0 Å². The van der Waals surface area contributed by atoms with Crippen LogP contribution in [0.5, 0.6) is 0 Å². The summed E-state index contributed by atoms with van der Waals surface area (Å²) < 4.78 is 0. The number of aliphatic hydroxyl groups excluding tert-OH is 1. The van der Waals surface area contributed by atoms with Gasteiger partial charge in [-0.1, -0.05) is 29.8 Å². The normalized spacial score (nSPS) is 28.2. The molecule has 0 aromatic heterocycles. The van der Waals surface area contributed by atoms with E-state index in [0.717, 1.165) is 12.8 Å². The molecule has 64 valence electrons. The molecule has 1 saturated carbocycles. The molecule has 1 heteroatoms. The molecule has 0 aliphatic heterocycles. The minimum atomic E-state index is -0.0451. The van der Waals surface area contributed by atoms with Gasteiger partial charge in [0, 0.05) is 0 Å². The zero-order valence-electron chi connectivity index (χ0n) is 7.33. The molecule has 0 heterocycles. The second-order valence-electron chi connectivity index (χ2n) is 3.73. The molecule has 1 aliphatic rings. The van der Waals surface area contributed by atoms with Crippen LogP contribution in [0.4, 0.5) is 0 Å². The van der Waals surface area contributed by atoms with Gasteiger partial charge in [0.15, 0.2) is 0 Å². The second-order valence-corrected chi connectivity index (χ2v) is 3.73. The Labute approximate surface area is 73.0 Å². The van der Waals surface area contributed by atoms with Gasteiger partial charge < -0.3 is 5.11 Å². The largest absolute Gasteiger partial charge is 0.393 e. The molecular weight excluding hydrogens is 148 g/mol. The van der Waals surface area contributed by atoms with E-state index in [1.807, 2.05) is 0 Å². The minimum Gasteiger partial charge on any atom is -0.393 e. The molecule has 0 unspecified atom stereocenters. The highest BCUT2D eigenvalue weighted by atomic mass is 16.3. The van der Waals surface area contributed by atoms with Crippen LogP contribution in [0.2, 0.25) is 0 Å². The molecule has 0 spiro atoms. The summed E-state index contributed by atoms with van der Waals surface area (Å²) in [5, 5.41) is 9.13. The molecule has 1 aromatic carbocycles. The summed E-state index contributed by atoms with van der Waals surface area (Å²) in [5.74, 6) is 0.612. The van der Waals surface area contributed by atoms with Crippen molar-refractivity contribution < 1.29 is 5.11 Å². The highest BCUT2D eigenvalue weighted by molar-refractivity contribution is 5.26. The standard InChI is InChI=1S/C11H14O/c1-8-2-4-9(5-3-8)10-6-11(12)7-10/h2-5,10-12H,6-7H2,1H3/t10-,11+. The van der Waals surface area contributed by atoms with Crippen molar-refractivity contribution in [1.82, 2.24) is 0 Å². The fourth-order valence-electron chi connectivity index (χ4n) is 1.70. The summed E-state index contributed by atoms with van der Waals surface area (Å²) in [4.78, 5) is 0. The van der Waals surface area contributed by atoms with E-state index in [1.54, 1.807) is 0 Å². The van der Waals surface area contributed by atoms with E-state index < -0.39 is 0 Å². The summed E-state index contributed by atoms with van der Waals surface area (Å²) in [6.07, 6.45) is 1.85. The molecule has 2 rings (SSSR count). The third-order valence-electron chi connectivity index (χ3n) is 2.66. The quantitative estimate of drug-likeness (QED) is 0.671. The van der Waals surface area contributed by atoms with E-state index in [4.69, 9.17) is 5.11 Å². The molecular formula is C11H14O. The van der Waals surface area contributed by atoms with Crippen molar-refractivity contribution in [3.05, 3.63) is 35.4 Å². The fourth-order valence-corrected chi connectivity index (χ4v) is 1.70. The zero-order chi connectivity index (χ0) is 8.55. The average Bonchev–Trinajstić information content (AvgIpc) is 2.01. The van der Waals surface area contributed by atoms with Gasteiger partial charge in [0.2, 0.25) is 0 Å². The number of aryl methyl sites for hydroxylation is 1. The average molecular weight is 162 g/mol. The SMILES string of the molecule is Cc1ccc([C@H]2C[C@@H](O)C2)cc1. The predicted octanol–water partition coefficient (Wildman–Crippen LogP) is 2.23. The van der Waals surface area contributed by atoms with Crippen LogP contribution in [0.25, 0.3) is 0 Å². The molecule has 12 heavy (non-hydrogen) atoms. The van der Waals surface area contributed by atoms with Crippen molar-refractivity contribution >= 4 is 0 Å². The maximum atomic E-state index is 9.13. The first-order chi connectivity index (χ1) is 5.75. The number of benzene rings is 1. The lowest BCUT2D eigenvalue weighted by Crippen LogP contribution is -2.26. The van der Waals surface area contributed by atoms with Crippen molar-refractivity contribution in [2.24, 2.45) is 0 Å². The van der Waals surface area contributed by atoms with Gasteiger partial charge in [-0.25, -0.2) is 0 Å². The maximum Gasteiger partial charge on any atom is 0.0552 e. The van der Waals surface area contributed by atoms with Crippen molar-refractivity contribution in [2.45, 2.75) is 31.8 Å². The van der Waals surface area contributed by atoms with Crippen LogP contribution in [-0.4, -0.2) is 11.2 Å². The highest BCUT2D eigenvalue weighted by Gasteiger charge is 2.27. The molecule has 1 aliphatic carbocycles. The minimum absolute atomic E-state index is 0.0451. The Morgan fingerprint density at radius 2 is 1.75 bits per heavy atom. The van der Waals surface area contributed by atoms with E-state index >= 15 is 0 Å². The third kappa shape index (κ3) is 1.37. The lowest BCUT2D eigenvalue weighted by atomic mass is 9.77. The number of hydrogen-bond donors (Lipinski definition) is 1. The first-order valence-electron chi connectivity index (χ1n) is 4.50. The van der Waals surface area contributed by atoms with Crippen molar-refractivity contribution in [3.8, 4) is 0 Å². The predicted molar refractivity (Wildman–Crippen MR) is 49.2 cm³/mol. The molecule has 1 fully saturated rings. The highest BCUT2D eigenvalue weighted by Crippen LogP contribution is 2.36. The van der Waals surface area contributed by atoms with Crippen molar-refractivity contribution in [1.29, 1.82) is 0 Å². The van der Waals surface area contributed by atoms with Crippen LogP contribution in [0, 0.1) is 6.92 Å².